The van der Waals surface area contributed by atoms with Crippen LogP contribution >= 0.6 is 0 Å². The van der Waals surface area contributed by atoms with Crippen LogP contribution in [-0.2, 0) is 9.59 Å². The largest absolute Gasteiger partial charge is 0.345 e. The summed E-state index contributed by atoms with van der Waals surface area (Å²) in [5, 5.41) is 2.99. The number of fused-ring (bicyclic) bond motifs is 1. The van der Waals surface area contributed by atoms with Crippen molar-refractivity contribution in [3.05, 3.63) is 24.5 Å². The average Bonchev–Trinajstić information content (AvgIpc) is 3.31. The molecule has 2 fully saturated rings. The van der Waals surface area contributed by atoms with E-state index in [2.05, 4.69) is 15.3 Å². The SMILES string of the molecule is O=C(Nc1cccc2[nH]cnc12)[C@H]1CCCN(C(=O)C2CC2)C1. The van der Waals surface area contributed by atoms with Crippen LogP contribution in [0.5, 0.6) is 0 Å². The summed E-state index contributed by atoms with van der Waals surface area (Å²) in [6.07, 6.45) is 5.36. The summed E-state index contributed by atoms with van der Waals surface area (Å²) in [5.41, 5.74) is 2.39. The van der Waals surface area contributed by atoms with Crippen LogP contribution in [0, 0.1) is 11.8 Å². The molecule has 2 aliphatic rings. The number of para-hydroxylation sites is 1. The fourth-order valence-electron chi connectivity index (χ4n) is 3.28. The Kier molecular flexibility index (Phi) is 3.52. The number of anilines is 1. The number of carbonyl (C=O) groups is 2. The zero-order valence-corrected chi connectivity index (χ0v) is 12.9. The second kappa shape index (κ2) is 5.68. The quantitative estimate of drug-likeness (QED) is 0.911. The lowest BCUT2D eigenvalue weighted by Crippen LogP contribution is -2.44. The molecule has 1 aliphatic heterocycles. The van der Waals surface area contributed by atoms with Crippen molar-refractivity contribution in [2.45, 2.75) is 25.7 Å². The molecule has 6 heteroatoms. The van der Waals surface area contributed by atoms with Crippen molar-refractivity contribution in [3.63, 3.8) is 0 Å². The van der Waals surface area contributed by atoms with E-state index in [0.29, 0.717) is 6.54 Å². The number of aromatic nitrogens is 2. The third-order valence-corrected chi connectivity index (χ3v) is 4.74. The minimum absolute atomic E-state index is 0.0196. The number of amides is 2. The van der Waals surface area contributed by atoms with Gasteiger partial charge in [0.2, 0.25) is 11.8 Å². The van der Waals surface area contributed by atoms with Gasteiger partial charge in [0.05, 0.1) is 23.4 Å². The molecule has 4 rings (SSSR count). The van der Waals surface area contributed by atoms with Gasteiger partial charge in [-0.2, -0.15) is 0 Å². The van der Waals surface area contributed by atoms with E-state index in [4.69, 9.17) is 0 Å². The van der Waals surface area contributed by atoms with Crippen molar-refractivity contribution in [1.29, 1.82) is 0 Å². The van der Waals surface area contributed by atoms with Gasteiger partial charge in [-0.15, -0.1) is 0 Å². The molecule has 1 aromatic heterocycles. The number of likely N-dealkylation sites (tertiary alicyclic amines) is 1. The van der Waals surface area contributed by atoms with Crippen LogP contribution in [0.4, 0.5) is 5.69 Å². The first-order valence-electron chi connectivity index (χ1n) is 8.24. The van der Waals surface area contributed by atoms with Crippen molar-refractivity contribution in [2.75, 3.05) is 18.4 Å². The van der Waals surface area contributed by atoms with Crippen LogP contribution in [0.25, 0.3) is 11.0 Å². The summed E-state index contributed by atoms with van der Waals surface area (Å²) >= 11 is 0. The number of aromatic amines is 1. The molecular formula is C17H20N4O2. The Bertz CT molecular complexity index is 750. The van der Waals surface area contributed by atoms with Crippen molar-refractivity contribution < 1.29 is 9.59 Å². The van der Waals surface area contributed by atoms with E-state index in [0.717, 1.165) is 48.9 Å². The first-order valence-corrected chi connectivity index (χ1v) is 8.24. The average molecular weight is 312 g/mol. The predicted octanol–water partition coefficient (Wildman–Crippen LogP) is 2.15. The highest BCUT2D eigenvalue weighted by Gasteiger charge is 2.36. The zero-order chi connectivity index (χ0) is 15.8. The molecule has 0 unspecified atom stereocenters. The van der Waals surface area contributed by atoms with Crippen molar-refractivity contribution >= 4 is 28.5 Å². The van der Waals surface area contributed by atoms with Crippen LogP contribution < -0.4 is 5.32 Å². The Balaban J connectivity index is 1.46. The number of nitrogens with zero attached hydrogens (tertiary/aromatic N) is 2. The molecule has 0 bridgehead atoms. The van der Waals surface area contributed by atoms with Gasteiger partial charge in [-0.1, -0.05) is 6.07 Å². The number of imidazole rings is 1. The second-order valence-corrected chi connectivity index (χ2v) is 6.49. The summed E-state index contributed by atoms with van der Waals surface area (Å²) in [7, 11) is 0. The predicted molar refractivity (Wildman–Crippen MR) is 86.8 cm³/mol. The van der Waals surface area contributed by atoms with Crippen LogP contribution in [0.1, 0.15) is 25.7 Å². The number of nitrogens with one attached hydrogen (secondary N) is 2. The normalized spacial score (nSPS) is 21.4. The van der Waals surface area contributed by atoms with Gasteiger partial charge < -0.3 is 15.2 Å². The molecule has 2 amide bonds. The summed E-state index contributed by atoms with van der Waals surface area (Å²) in [4.78, 5) is 34.0. The van der Waals surface area contributed by atoms with Gasteiger partial charge in [0, 0.05) is 19.0 Å². The molecular weight excluding hydrogens is 292 g/mol. The minimum Gasteiger partial charge on any atom is -0.345 e. The third kappa shape index (κ3) is 2.81. The lowest BCUT2D eigenvalue weighted by Gasteiger charge is -2.32. The van der Waals surface area contributed by atoms with Crippen LogP contribution in [-0.4, -0.2) is 39.8 Å². The molecule has 120 valence electrons. The molecule has 2 aromatic rings. The van der Waals surface area contributed by atoms with Crippen LogP contribution in [0.3, 0.4) is 0 Å². The molecule has 1 saturated carbocycles. The number of piperidine rings is 1. The third-order valence-electron chi connectivity index (χ3n) is 4.74. The van der Waals surface area contributed by atoms with E-state index in [9.17, 15) is 9.59 Å². The molecule has 2 heterocycles. The molecule has 6 nitrogen and oxygen atoms in total. The molecule has 0 spiro atoms. The number of H-pyrrole nitrogens is 1. The Morgan fingerprint density at radius 3 is 2.91 bits per heavy atom. The monoisotopic (exact) mass is 312 g/mol. The summed E-state index contributed by atoms with van der Waals surface area (Å²) in [6.45, 7) is 1.33. The Morgan fingerprint density at radius 1 is 1.22 bits per heavy atom. The lowest BCUT2D eigenvalue weighted by molar-refractivity contribution is -0.135. The molecule has 23 heavy (non-hydrogen) atoms. The number of hydrogen-bond donors (Lipinski definition) is 2. The number of hydrogen-bond acceptors (Lipinski definition) is 3. The molecule has 1 atom stereocenters. The molecule has 1 saturated heterocycles. The first kappa shape index (κ1) is 14.2. The maximum absolute atomic E-state index is 12.6. The topological polar surface area (TPSA) is 78.1 Å². The highest BCUT2D eigenvalue weighted by atomic mass is 16.2. The molecule has 1 aromatic carbocycles. The number of carbonyl (C=O) groups excluding carboxylic acids is 2. The smallest absolute Gasteiger partial charge is 0.229 e. The highest BCUT2D eigenvalue weighted by Crippen LogP contribution is 2.32. The van der Waals surface area contributed by atoms with Gasteiger partial charge in [-0.25, -0.2) is 4.98 Å². The maximum atomic E-state index is 12.6. The Morgan fingerprint density at radius 2 is 2.09 bits per heavy atom. The highest BCUT2D eigenvalue weighted by molar-refractivity contribution is 6.00. The molecule has 2 N–H and O–H groups in total. The first-order chi connectivity index (χ1) is 11.2. The Labute approximate surface area is 134 Å². The van der Waals surface area contributed by atoms with E-state index < -0.39 is 0 Å². The fourth-order valence-corrected chi connectivity index (χ4v) is 3.28. The van der Waals surface area contributed by atoms with E-state index >= 15 is 0 Å². The second-order valence-electron chi connectivity index (χ2n) is 6.49. The van der Waals surface area contributed by atoms with E-state index in [-0.39, 0.29) is 23.7 Å². The standard InChI is InChI=1S/C17H20N4O2/c22-16(20-14-5-1-4-13-15(14)19-10-18-13)12-3-2-8-21(9-12)17(23)11-6-7-11/h1,4-5,10-12H,2-3,6-9H2,(H,18,19)(H,20,22)/t12-/m0/s1. The van der Waals surface area contributed by atoms with Gasteiger partial charge in [0.15, 0.2) is 0 Å². The van der Waals surface area contributed by atoms with Crippen LogP contribution in [0.2, 0.25) is 0 Å². The van der Waals surface area contributed by atoms with Crippen molar-refractivity contribution in [2.24, 2.45) is 11.8 Å². The molecule has 1 aliphatic carbocycles. The van der Waals surface area contributed by atoms with E-state index in [1.165, 1.54) is 0 Å². The lowest BCUT2D eigenvalue weighted by atomic mass is 9.96. The van der Waals surface area contributed by atoms with Gasteiger partial charge in [0.25, 0.3) is 0 Å². The van der Waals surface area contributed by atoms with E-state index in [1.54, 1.807) is 6.33 Å². The minimum atomic E-state index is -0.138. The van der Waals surface area contributed by atoms with Crippen molar-refractivity contribution in [1.82, 2.24) is 14.9 Å². The number of benzene rings is 1. The van der Waals surface area contributed by atoms with Gasteiger partial charge >= 0.3 is 0 Å². The Hall–Kier alpha value is -2.37. The van der Waals surface area contributed by atoms with E-state index in [1.807, 2.05) is 23.1 Å². The number of rotatable bonds is 3. The maximum Gasteiger partial charge on any atom is 0.229 e. The van der Waals surface area contributed by atoms with Crippen molar-refractivity contribution in [3.8, 4) is 0 Å². The van der Waals surface area contributed by atoms with Crippen LogP contribution in [0.15, 0.2) is 24.5 Å². The summed E-state index contributed by atoms with van der Waals surface area (Å²) < 4.78 is 0. The summed E-state index contributed by atoms with van der Waals surface area (Å²) in [5.74, 6) is 0.293. The van der Waals surface area contributed by atoms with Gasteiger partial charge in [0.1, 0.15) is 5.52 Å². The van der Waals surface area contributed by atoms with Gasteiger partial charge in [-0.3, -0.25) is 9.59 Å². The zero-order valence-electron chi connectivity index (χ0n) is 12.9. The molecule has 0 radical (unpaired) electrons. The summed E-state index contributed by atoms with van der Waals surface area (Å²) in [6, 6.07) is 5.67. The van der Waals surface area contributed by atoms with Gasteiger partial charge in [-0.05, 0) is 37.8 Å². The fraction of sp³-hybridized carbons (Fsp3) is 0.471.